The lowest BCUT2D eigenvalue weighted by atomic mass is 9.99. The Hall–Kier alpha value is -0.490. The van der Waals surface area contributed by atoms with Gasteiger partial charge in [0.25, 0.3) is 0 Å². The van der Waals surface area contributed by atoms with Crippen molar-refractivity contribution in [3.8, 4) is 0 Å². The summed E-state index contributed by atoms with van der Waals surface area (Å²) < 4.78 is 5.22. The van der Waals surface area contributed by atoms with Gasteiger partial charge < -0.3 is 15.2 Å². The Morgan fingerprint density at radius 3 is 3.00 bits per heavy atom. The molecule has 0 amide bonds. The number of hydrogen-bond donors (Lipinski definition) is 2. The van der Waals surface area contributed by atoms with Crippen LogP contribution < -0.4 is 5.32 Å². The summed E-state index contributed by atoms with van der Waals surface area (Å²) in [6.45, 7) is 3.64. The van der Waals surface area contributed by atoms with E-state index in [0.717, 1.165) is 12.5 Å². The van der Waals surface area contributed by atoms with Crippen LogP contribution in [-0.4, -0.2) is 36.0 Å². The highest BCUT2D eigenvalue weighted by atomic mass is 32.1. The van der Waals surface area contributed by atoms with Crippen LogP contribution in [0.5, 0.6) is 0 Å². The Kier molecular flexibility index (Phi) is 4.72. The molecule has 18 heavy (non-hydrogen) atoms. The van der Waals surface area contributed by atoms with Gasteiger partial charge in [-0.25, -0.2) is 4.98 Å². The highest BCUT2D eigenvalue weighted by molar-refractivity contribution is 7.11. The molecule has 0 bridgehead atoms. The molecule has 1 unspecified atom stereocenters. The average Bonchev–Trinajstić information content (AvgIpc) is 3.07. The number of aromatic nitrogens is 1. The SMILES string of the molecule is COCC(C)(CCO)NCc1cnc(C2CC2)s1. The summed E-state index contributed by atoms with van der Waals surface area (Å²) >= 11 is 1.80. The van der Waals surface area contributed by atoms with Crippen LogP contribution in [0.3, 0.4) is 0 Å². The third-order valence-electron chi connectivity index (χ3n) is 3.31. The number of methoxy groups -OCH3 is 1. The van der Waals surface area contributed by atoms with Crippen molar-refractivity contribution < 1.29 is 9.84 Å². The van der Waals surface area contributed by atoms with E-state index in [1.165, 1.54) is 22.7 Å². The minimum absolute atomic E-state index is 0.170. The first-order valence-corrected chi connectivity index (χ1v) is 7.28. The molecule has 2 N–H and O–H groups in total. The molecule has 5 heteroatoms. The van der Waals surface area contributed by atoms with Gasteiger partial charge in [0.2, 0.25) is 0 Å². The molecule has 1 atom stereocenters. The van der Waals surface area contributed by atoms with Crippen molar-refractivity contribution >= 4 is 11.3 Å². The van der Waals surface area contributed by atoms with Gasteiger partial charge in [0.05, 0.1) is 11.6 Å². The third kappa shape index (κ3) is 3.75. The van der Waals surface area contributed by atoms with E-state index < -0.39 is 0 Å². The number of aliphatic hydroxyl groups is 1. The molecule has 1 aromatic heterocycles. The first-order chi connectivity index (χ1) is 8.67. The van der Waals surface area contributed by atoms with Gasteiger partial charge in [0.15, 0.2) is 0 Å². The molecule has 1 heterocycles. The second-order valence-electron chi connectivity index (χ2n) is 5.26. The zero-order valence-electron chi connectivity index (χ0n) is 11.1. The van der Waals surface area contributed by atoms with Crippen LogP contribution in [0.2, 0.25) is 0 Å². The molecule has 1 fully saturated rings. The van der Waals surface area contributed by atoms with Gasteiger partial charge in [0.1, 0.15) is 0 Å². The quantitative estimate of drug-likeness (QED) is 0.757. The van der Waals surface area contributed by atoms with Gasteiger partial charge in [-0.1, -0.05) is 0 Å². The molecule has 0 aliphatic heterocycles. The van der Waals surface area contributed by atoms with Crippen LogP contribution in [0, 0.1) is 0 Å². The van der Waals surface area contributed by atoms with Crippen molar-refractivity contribution in [1.82, 2.24) is 10.3 Å². The standard InChI is InChI=1S/C13H22N2O2S/c1-13(5-6-16,9-17-2)15-8-11-7-14-12(18-11)10-3-4-10/h7,10,15-16H,3-6,8-9H2,1-2H3. The molecule has 2 rings (SSSR count). The molecule has 102 valence electrons. The van der Waals surface area contributed by atoms with Crippen LogP contribution in [0.25, 0.3) is 0 Å². The van der Waals surface area contributed by atoms with E-state index in [9.17, 15) is 0 Å². The Balaban J connectivity index is 1.87. The minimum atomic E-state index is -0.173. The van der Waals surface area contributed by atoms with E-state index in [2.05, 4.69) is 17.2 Å². The van der Waals surface area contributed by atoms with Crippen molar-refractivity contribution in [3.05, 3.63) is 16.1 Å². The van der Waals surface area contributed by atoms with Crippen LogP contribution in [-0.2, 0) is 11.3 Å². The maximum Gasteiger partial charge on any atom is 0.0959 e. The van der Waals surface area contributed by atoms with Gasteiger partial charge in [-0.2, -0.15) is 0 Å². The number of ether oxygens (including phenoxy) is 1. The van der Waals surface area contributed by atoms with E-state index in [0.29, 0.717) is 13.0 Å². The fourth-order valence-electron chi connectivity index (χ4n) is 2.00. The minimum Gasteiger partial charge on any atom is -0.396 e. The summed E-state index contributed by atoms with van der Waals surface area (Å²) in [5.41, 5.74) is -0.173. The van der Waals surface area contributed by atoms with Crippen LogP contribution in [0.1, 0.15) is 42.0 Å². The van der Waals surface area contributed by atoms with E-state index in [1.54, 1.807) is 18.4 Å². The van der Waals surface area contributed by atoms with Crippen LogP contribution >= 0.6 is 11.3 Å². The van der Waals surface area contributed by atoms with E-state index in [1.807, 2.05) is 6.20 Å². The summed E-state index contributed by atoms with van der Waals surface area (Å²) in [6.07, 6.45) is 5.26. The third-order valence-corrected chi connectivity index (χ3v) is 4.47. The Morgan fingerprint density at radius 2 is 2.39 bits per heavy atom. The first-order valence-electron chi connectivity index (χ1n) is 6.46. The Bertz CT molecular complexity index is 371. The topological polar surface area (TPSA) is 54.4 Å². The molecule has 0 spiro atoms. The van der Waals surface area contributed by atoms with Crippen LogP contribution in [0.4, 0.5) is 0 Å². The number of hydrogen-bond acceptors (Lipinski definition) is 5. The summed E-state index contributed by atoms with van der Waals surface area (Å²) in [4.78, 5) is 5.73. The summed E-state index contributed by atoms with van der Waals surface area (Å²) in [5.74, 6) is 0.728. The zero-order valence-corrected chi connectivity index (χ0v) is 11.9. The molecular weight excluding hydrogens is 248 g/mol. The predicted molar refractivity (Wildman–Crippen MR) is 72.9 cm³/mol. The Morgan fingerprint density at radius 1 is 1.61 bits per heavy atom. The number of aliphatic hydroxyl groups excluding tert-OH is 1. The van der Waals surface area contributed by atoms with Gasteiger partial charge in [-0.15, -0.1) is 11.3 Å². The maximum atomic E-state index is 9.11. The summed E-state index contributed by atoms with van der Waals surface area (Å²) in [6, 6.07) is 0. The fourth-order valence-corrected chi connectivity index (χ4v) is 3.03. The lowest BCUT2D eigenvalue weighted by molar-refractivity contribution is 0.0971. The number of nitrogens with zero attached hydrogens (tertiary/aromatic N) is 1. The van der Waals surface area contributed by atoms with Gasteiger partial charge in [-0.05, 0) is 26.2 Å². The highest BCUT2D eigenvalue weighted by Gasteiger charge is 2.27. The molecule has 1 saturated carbocycles. The van der Waals surface area contributed by atoms with Crippen molar-refractivity contribution in [2.24, 2.45) is 0 Å². The summed E-state index contributed by atoms with van der Waals surface area (Å²) in [5, 5.41) is 13.9. The zero-order chi connectivity index (χ0) is 13.0. The van der Waals surface area contributed by atoms with E-state index in [-0.39, 0.29) is 12.1 Å². The molecule has 1 aliphatic rings. The molecule has 0 radical (unpaired) electrons. The lowest BCUT2D eigenvalue weighted by Crippen LogP contribution is -2.46. The number of thiazole rings is 1. The normalized spacial score (nSPS) is 18.8. The molecule has 1 aliphatic carbocycles. The maximum absolute atomic E-state index is 9.11. The van der Waals surface area contributed by atoms with E-state index in [4.69, 9.17) is 9.84 Å². The van der Waals surface area contributed by atoms with Gasteiger partial charge >= 0.3 is 0 Å². The molecule has 4 nitrogen and oxygen atoms in total. The number of rotatable bonds is 8. The van der Waals surface area contributed by atoms with Crippen molar-refractivity contribution in [1.29, 1.82) is 0 Å². The second kappa shape index (κ2) is 6.10. The predicted octanol–water partition coefficient (Wildman–Crippen LogP) is 1.90. The second-order valence-corrected chi connectivity index (χ2v) is 6.41. The lowest BCUT2D eigenvalue weighted by Gasteiger charge is -2.29. The fraction of sp³-hybridized carbons (Fsp3) is 0.769. The highest BCUT2D eigenvalue weighted by Crippen LogP contribution is 2.41. The first kappa shape index (κ1) is 13.9. The molecule has 0 aromatic carbocycles. The van der Waals surface area contributed by atoms with Crippen LogP contribution in [0.15, 0.2) is 6.20 Å². The van der Waals surface area contributed by atoms with E-state index >= 15 is 0 Å². The monoisotopic (exact) mass is 270 g/mol. The van der Waals surface area contributed by atoms with Crippen molar-refractivity contribution in [2.75, 3.05) is 20.3 Å². The smallest absolute Gasteiger partial charge is 0.0959 e. The van der Waals surface area contributed by atoms with Crippen molar-refractivity contribution in [3.63, 3.8) is 0 Å². The van der Waals surface area contributed by atoms with Gasteiger partial charge in [-0.3, -0.25) is 0 Å². The van der Waals surface area contributed by atoms with Gasteiger partial charge in [0, 0.05) is 42.8 Å². The largest absolute Gasteiger partial charge is 0.396 e. The number of nitrogens with one attached hydrogen (secondary N) is 1. The summed E-state index contributed by atoms with van der Waals surface area (Å²) in [7, 11) is 1.69. The molecule has 0 saturated heterocycles. The molecular formula is C13H22N2O2S. The van der Waals surface area contributed by atoms with Crippen molar-refractivity contribution in [2.45, 2.75) is 44.2 Å². The molecule has 1 aromatic rings. The Labute approximate surface area is 112 Å². The average molecular weight is 270 g/mol.